The Morgan fingerprint density at radius 3 is 2.70 bits per heavy atom. The van der Waals surface area contributed by atoms with E-state index < -0.39 is 0 Å². The minimum atomic E-state index is -0.0996. The van der Waals surface area contributed by atoms with Crippen LogP contribution in [0.25, 0.3) is 16.9 Å². The number of aliphatic hydroxyl groups is 1. The number of benzene rings is 2. The van der Waals surface area contributed by atoms with Crippen molar-refractivity contribution in [1.82, 2.24) is 9.55 Å². The zero-order valence-corrected chi connectivity index (χ0v) is 12.7. The van der Waals surface area contributed by atoms with Gasteiger partial charge in [-0.2, -0.15) is 0 Å². The first-order valence-corrected chi connectivity index (χ1v) is 7.28. The Morgan fingerprint density at radius 1 is 1.22 bits per heavy atom. The Morgan fingerprint density at radius 2 is 2.00 bits per heavy atom. The first-order valence-electron chi connectivity index (χ1n) is 7.28. The smallest absolute Gasteiger partial charge is 0.221 e. The molecule has 0 fully saturated rings. The Labute approximate surface area is 134 Å². The summed E-state index contributed by atoms with van der Waals surface area (Å²) in [5, 5.41) is 11.9. The first kappa shape index (κ1) is 15.0. The summed E-state index contributed by atoms with van der Waals surface area (Å²) >= 11 is 0. The van der Waals surface area contributed by atoms with Crippen LogP contribution in [0.4, 0.5) is 5.69 Å². The predicted molar refractivity (Wildman–Crippen MR) is 89.2 cm³/mol. The molecule has 2 aromatic carbocycles. The molecule has 1 amide bonds. The fourth-order valence-electron chi connectivity index (χ4n) is 2.34. The number of imidazole rings is 1. The van der Waals surface area contributed by atoms with E-state index in [4.69, 9.17) is 5.11 Å². The van der Waals surface area contributed by atoms with E-state index in [-0.39, 0.29) is 12.5 Å². The number of anilines is 1. The van der Waals surface area contributed by atoms with E-state index in [1.165, 1.54) is 6.92 Å². The molecule has 0 spiro atoms. The number of nitrogens with zero attached hydrogens (tertiary/aromatic N) is 2. The lowest BCUT2D eigenvalue weighted by Crippen LogP contribution is -2.06. The minimum Gasteiger partial charge on any atom is -0.392 e. The molecule has 0 saturated carbocycles. The van der Waals surface area contributed by atoms with Gasteiger partial charge in [-0.05, 0) is 23.8 Å². The van der Waals surface area contributed by atoms with Crippen LogP contribution in [0.1, 0.15) is 12.5 Å². The van der Waals surface area contributed by atoms with Crippen LogP contribution in [0.15, 0.2) is 61.1 Å². The van der Waals surface area contributed by atoms with Crippen LogP contribution in [0.3, 0.4) is 0 Å². The van der Waals surface area contributed by atoms with Crippen molar-refractivity contribution in [3.63, 3.8) is 0 Å². The number of nitrogens with one attached hydrogen (secondary N) is 1. The molecular weight excluding hydrogens is 290 g/mol. The second-order valence-corrected chi connectivity index (χ2v) is 5.25. The van der Waals surface area contributed by atoms with E-state index in [1.54, 1.807) is 6.33 Å². The number of rotatable bonds is 4. The van der Waals surface area contributed by atoms with Crippen LogP contribution in [0, 0.1) is 0 Å². The first-order chi connectivity index (χ1) is 11.2. The largest absolute Gasteiger partial charge is 0.392 e. The van der Waals surface area contributed by atoms with Gasteiger partial charge in [0.05, 0.1) is 18.6 Å². The van der Waals surface area contributed by atoms with Crippen molar-refractivity contribution in [2.24, 2.45) is 0 Å². The Kier molecular flexibility index (Phi) is 4.21. The molecule has 0 saturated heterocycles. The fourth-order valence-corrected chi connectivity index (χ4v) is 2.34. The molecule has 2 N–H and O–H groups in total. The summed E-state index contributed by atoms with van der Waals surface area (Å²) in [6, 6.07) is 15.2. The third kappa shape index (κ3) is 3.46. The summed E-state index contributed by atoms with van der Waals surface area (Å²) in [6.07, 6.45) is 3.67. The van der Waals surface area contributed by atoms with Crippen LogP contribution in [0.5, 0.6) is 0 Å². The maximum absolute atomic E-state index is 11.2. The van der Waals surface area contributed by atoms with Gasteiger partial charge in [0.1, 0.15) is 0 Å². The van der Waals surface area contributed by atoms with Crippen LogP contribution in [0.2, 0.25) is 0 Å². The number of hydrogen-bond donors (Lipinski definition) is 2. The molecule has 5 nitrogen and oxygen atoms in total. The van der Waals surface area contributed by atoms with E-state index in [9.17, 15) is 4.79 Å². The van der Waals surface area contributed by atoms with Crippen molar-refractivity contribution in [2.45, 2.75) is 13.5 Å². The number of carbonyl (C=O) groups excluding carboxylic acids is 1. The number of amides is 1. The lowest BCUT2D eigenvalue weighted by molar-refractivity contribution is -0.114. The van der Waals surface area contributed by atoms with Crippen LogP contribution in [-0.4, -0.2) is 20.6 Å². The van der Waals surface area contributed by atoms with Gasteiger partial charge in [-0.1, -0.05) is 30.3 Å². The van der Waals surface area contributed by atoms with Gasteiger partial charge in [-0.15, -0.1) is 0 Å². The highest BCUT2D eigenvalue weighted by Gasteiger charge is 2.05. The summed E-state index contributed by atoms with van der Waals surface area (Å²) in [6.45, 7) is 1.52. The number of aliphatic hydroxyl groups excluding tert-OH is 1. The standard InChI is InChI=1S/C18H17N3O2/c1-13(23)20-16-3-2-4-17(9-16)21-10-18(19-12-21)15-7-5-14(11-22)6-8-15/h2-10,12,22H,11H2,1H3,(H,20,23). The number of hydrogen-bond acceptors (Lipinski definition) is 3. The molecule has 0 bridgehead atoms. The zero-order chi connectivity index (χ0) is 16.2. The van der Waals surface area contributed by atoms with Gasteiger partial charge in [-0.25, -0.2) is 4.98 Å². The molecule has 0 aliphatic heterocycles. The van der Waals surface area contributed by atoms with Crippen molar-refractivity contribution < 1.29 is 9.90 Å². The highest BCUT2D eigenvalue weighted by molar-refractivity contribution is 5.88. The van der Waals surface area contributed by atoms with E-state index >= 15 is 0 Å². The van der Waals surface area contributed by atoms with Crippen molar-refractivity contribution in [3.8, 4) is 16.9 Å². The topological polar surface area (TPSA) is 67.2 Å². The van der Waals surface area contributed by atoms with E-state index in [2.05, 4.69) is 10.3 Å². The highest BCUT2D eigenvalue weighted by atomic mass is 16.3. The molecule has 1 heterocycles. The van der Waals surface area contributed by atoms with Gasteiger partial charge < -0.3 is 15.0 Å². The monoisotopic (exact) mass is 307 g/mol. The molecule has 0 aliphatic rings. The van der Waals surface area contributed by atoms with Crippen LogP contribution < -0.4 is 5.32 Å². The molecule has 0 radical (unpaired) electrons. The summed E-state index contributed by atoms with van der Waals surface area (Å²) in [7, 11) is 0. The van der Waals surface area contributed by atoms with Crippen LogP contribution in [-0.2, 0) is 11.4 Å². The average molecular weight is 307 g/mol. The molecule has 0 aliphatic carbocycles. The lowest BCUT2D eigenvalue weighted by atomic mass is 10.1. The van der Waals surface area contributed by atoms with E-state index in [0.717, 1.165) is 28.2 Å². The molecular formula is C18H17N3O2. The normalized spacial score (nSPS) is 10.5. The molecule has 1 aromatic heterocycles. The summed E-state index contributed by atoms with van der Waals surface area (Å²) in [5.74, 6) is -0.0996. The van der Waals surface area contributed by atoms with Gasteiger partial charge in [-0.3, -0.25) is 4.79 Å². The van der Waals surface area contributed by atoms with Gasteiger partial charge in [0, 0.05) is 30.1 Å². The van der Waals surface area contributed by atoms with Gasteiger partial charge in [0.15, 0.2) is 0 Å². The summed E-state index contributed by atoms with van der Waals surface area (Å²) < 4.78 is 1.90. The van der Waals surface area contributed by atoms with Crippen molar-refractivity contribution in [3.05, 3.63) is 66.6 Å². The fraction of sp³-hybridized carbons (Fsp3) is 0.111. The highest BCUT2D eigenvalue weighted by Crippen LogP contribution is 2.21. The van der Waals surface area contributed by atoms with Crippen molar-refractivity contribution in [1.29, 1.82) is 0 Å². The Balaban J connectivity index is 1.87. The zero-order valence-electron chi connectivity index (χ0n) is 12.7. The number of aromatic nitrogens is 2. The van der Waals surface area contributed by atoms with E-state index in [0.29, 0.717) is 0 Å². The molecule has 5 heteroatoms. The van der Waals surface area contributed by atoms with Gasteiger partial charge in [0.2, 0.25) is 5.91 Å². The number of carbonyl (C=O) groups is 1. The molecule has 23 heavy (non-hydrogen) atoms. The summed E-state index contributed by atoms with van der Waals surface area (Å²) in [4.78, 5) is 15.6. The SMILES string of the molecule is CC(=O)Nc1cccc(-n2cnc(-c3ccc(CO)cc3)c2)c1. The molecule has 0 unspecified atom stereocenters. The second-order valence-electron chi connectivity index (χ2n) is 5.25. The van der Waals surface area contributed by atoms with Crippen molar-refractivity contribution in [2.75, 3.05) is 5.32 Å². The van der Waals surface area contributed by atoms with Gasteiger partial charge >= 0.3 is 0 Å². The average Bonchev–Trinajstić information content (AvgIpc) is 3.04. The molecule has 3 aromatic rings. The molecule has 116 valence electrons. The minimum absolute atomic E-state index is 0.0324. The maximum Gasteiger partial charge on any atom is 0.221 e. The Hall–Kier alpha value is -2.92. The van der Waals surface area contributed by atoms with Crippen molar-refractivity contribution >= 4 is 11.6 Å². The third-order valence-corrected chi connectivity index (χ3v) is 3.48. The molecule has 3 rings (SSSR count). The third-order valence-electron chi connectivity index (χ3n) is 3.48. The molecule has 0 atom stereocenters. The summed E-state index contributed by atoms with van der Waals surface area (Å²) in [5.41, 5.74) is 4.37. The second kappa shape index (κ2) is 6.46. The lowest BCUT2D eigenvalue weighted by Gasteiger charge is -2.06. The van der Waals surface area contributed by atoms with Gasteiger partial charge in [0.25, 0.3) is 0 Å². The predicted octanol–water partition coefficient (Wildman–Crippen LogP) is 2.99. The maximum atomic E-state index is 11.2. The van der Waals surface area contributed by atoms with Crippen LogP contribution >= 0.6 is 0 Å². The van der Waals surface area contributed by atoms with E-state index in [1.807, 2.05) is 59.3 Å². The quantitative estimate of drug-likeness (QED) is 0.778. The Bertz CT molecular complexity index is 822.